The van der Waals surface area contributed by atoms with Gasteiger partial charge in [-0.1, -0.05) is 35.9 Å². The molecule has 0 fully saturated rings. The number of Topliss-reactive ketones (excluding diaryl/α,β-unsaturated/α-hetero) is 1. The van der Waals surface area contributed by atoms with Crippen LogP contribution in [-0.4, -0.2) is 74.8 Å². The lowest BCUT2D eigenvalue weighted by Gasteiger charge is -2.39. The number of fused-ring (bicyclic) bond motifs is 8. The number of amides is 1. The van der Waals surface area contributed by atoms with Gasteiger partial charge in [0.15, 0.2) is 23.5 Å². The van der Waals surface area contributed by atoms with E-state index in [0.717, 1.165) is 0 Å². The van der Waals surface area contributed by atoms with Crippen LogP contribution in [-0.2, 0) is 54.3 Å². The van der Waals surface area contributed by atoms with Crippen molar-refractivity contribution >= 4 is 71.3 Å². The second kappa shape index (κ2) is 21.8. The summed E-state index contributed by atoms with van der Waals surface area (Å²) in [6, 6.07) is 13.6. The van der Waals surface area contributed by atoms with Crippen LogP contribution in [0, 0.1) is 10.8 Å². The molecule has 0 radical (unpaired) electrons. The first-order valence-electron chi connectivity index (χ1n) is 22.9. The molecule has 0 aliphatic carbocycles. The number of rotatable bonds is 19. The largest absolute Gasteiger partial charge is 0.573 e. The van der Waals surface area contributed by atoms with Crippen LogP contribution in [0.15, 0.2) is 59.6 Å². The topological polar surface area (TPSA) is 191 Å². The Balaban J connectivity index is 1.55. The highest BCUT2D eigenvalue weighted by Crippen LogP contribution is 2.62. The fourth-order valence-corrected chi connectivity index (χ4v) is 9.53. The van der Waals surface area contributed by atoms with Gasteiger partial charge in [0.1, 0.15) is 22.3 Å². The molecule has 2 unspecified atom stereocenters. The van der Waals surface area contributed by atoms with Crippen LogP contribution < -0.4 is 24.8 Å². The highest BCUT2D eigenvalue weighted by Gasteiger charge is 2.56. The summed E-state index contributed by atoms with van der Waals surface area (Å²) < 4.78 is 131. The van der Waals surface area contributed by atoms with Crippen LogP contribution in [0.1, 0.15) is 113 Å². The molecule has 1 amide bonds. The lowest BCUT2D eigenvalue weighted by molar-refractivity contribution is -0.280. The number of aryl methyl sites for hydroxylation is 1. The number of halogens is 7. The maximum Gasteiger partial charge on any atom is 0.573 e. The number of esters is 3. The molecule has 2 atom stereocenters. The highest BCUT2D eigenvalue weighted by molar-refractivity contribution is 7.62. The van der Waals surface area contributed by atoms with Gasteiger partial charge < -0.3 is 42.8 Å². The molecule has 0 bridgehead atoms. The van der Waals surface area contributed by atoms with Crippen molar-refractivity contribution in [3.05, 3.63) is 87.4 Å². The van der Waals surface area contributed by atoms with E-state index in [9.17, 15) is 50.3 Å². The quantitative estimate of drug-likeness (QED) is 0.0178. The van der Waals surface area contributed by atoms with Crippen molar-refractivity contribution in [2.75, 3.05) is 26.3 Å². The SMILES string of the molecule is CC(=O)CCc1cc2c(c(Cl)c1OC(=O)C(C)(C)C)Oc1cc(OC(=O)C(C)(C)C)c3ccccc3c1C21OC(=O)c2ccc(P(=O)(OCCCC/N=C/OC(F)(F)F)OCCCCNC(=O)C(F)(F)F)cc21. The number of nitrogens with zero attached hydrogens (tertiary/aromatic N) is 1. The van der Waals surface area contributed by atoms with Crippen molar-refractivity contribution in [2.24, 2.45) is 15.8 Å². The van der Waals surface area contributed by atoms with E-state index in [1.807, 2.05) is 0 Å². The number of ketones is 1. The summed E-state index contributed by atoms with van der Waals surface area (Å²) in [5.74, 6) is -4.90. The molecule has 2 aliphatic heterocycles. The number of hydrogen-bond donors (Lipinski definition) is 1. The van der Waals surface area contributed by atoms with E-state index >= 15 is 4.57 Å². The first kappa shape index (κ1) is 56.3. The predicted molar refractivity (Wildman–Crippen MR) is 254 cm³/mol. The van der Waals surface area contributed by atoms with Gasteiger partial charge in [0.05, 0.1) is 40.5 Å². The zero-order valence-corrected chi connectivity index (χ0v) is 42.3. The number of unbranched alkanes of at least 4 members (excludes halogenated alkanes) is 2. The van der Waals surface area contributed by atoms with E-state index < -0.39 is 66.9 Å². The number of nitrogens with one attached hydrogen (secondary N) is 1. The number of hydrogen-bond acceptors (Lipinski definition) is 14. The van der Waals surface area contributed by atoms with Crippen molar-refractivity contribution in [1.29, 1.82) is 0 Å². The maximum atomic E-state index is 15.2. The average molecular weight is 1070 g/mol. The zero-order chi connectivity index (χ0) is 53.9. The zero-order valence-electron chi connectivity index (χ0n) is 40.7. The number of ether oxygens (including phenoxy) is 5. The Bertz CT molecular complexity index is 2890. The second-order valence-electron chi connectivity index (χ2n) is 19.1. The predicted octanol–water partition coefficient (Wildman–Crippen LogP) is 11.1. The number of alkyl halides is 6. The molecule has 0 saturated carbocycles. The van der Waals surface area contributed by atoms with E-state index in [-0.39, 0.29) is 132 Å². The molecular weight excluding hydrogens is 1020 g/mol. The van der Waals surface area contributed by atoms with Gasteiger partial charge in [-0.15, -0.1) is 13.2 Å². The standard InChI is InChI=1S/C50H52ClF6N2O13P/c1-28(60)16-17-29-24-35-41(39(51)40(29)71-45(64)47(5,6)7)69-37-26-36(70-44(63)46(2,3)4)31-14-8-9-15-32(31)38(37)48(35)34-25-30(18-19-33(34)42(61)72-48)73(65,67-22-12-10-20-58-27-66-50(55,56)57)68-23-13-11-21-59-43(62)49(52,53)54/h8-9,14-15,18-19,24-27H,10-13,16-17,20-23H2,1-7H3,(H,59,62)/b58-27+. The van der Waals surface area contributed by atoms with Gasteiger partial charge in [-0.3, -0.25) is 23.9 Å². The molecule has 1 spiro atoms. The maximum absolute atomic E-state index is 15.2. The van der Waals surface area contributed by atoms with Gasteiger partial charge in [-0.25, -0.2) is 4.79 Å². The molecule has 23 heteroatoms. The van der Waals surface area contributed by atoms with Gasteiger partial charge in [0.25, 0.3) is 0 Å². The van der Waals surface area contributed by atoms with Crippen LogP contribution in [0.3, 0.4) is 0 Å². The Kier molecular flexibility index (Phi) is 16.8. The normalized spacial score (nSPS) is 16.3. The molecule has 4 aromatic rings. The summed E-state index contributed by atoms with van der Waals surface area (Å²) in [4.78, 5) is 68.8. The smallest absolute Gasteiger partial charge is 0.455 e. The van der Waals surface area contributed by atoms with Gasteiger partial charge >= 0.3 is 43.9 Å². The van der Waals surface area contributed by atoms with Crippen LogP contribution in [0.2, 0.25) is 5.02 Å². The van der Waals surface area contributed by atoms with Crippen LogP contribution in [0.5, 0.6) is 23.0 Å². The molecule has 394 valence electrons. The van der Waals surface area contributed by atoms with E-state index in [0.29, 0.717) is 10.8 Å². The third-order valence-electron chi connectivity index (χ3n) is 11.3. The Morgan fingerprint density at radius 1 is 0.822 bits per heavy atom. The summed E-state index contributed by atoms with van der Waals surface area (Å²) in [5, 5.41) is 2.03. The molecule has 2 heterocycles. The Labute approximate surface area is 420 Å². The summed E-state index contributed by atoms with van der Waals surface area (Å²) >= 11 is 7.26. The second-order valence-corrected chi connectivity index (χ2v) is 21.5. The van der Waals surface area contributed by atoms with E-state index in [2.05, 4.69) is 9.73 Å². The van der Waals surface area contributed by atoms with Crippen molar-refractivity contribution in [2.45, 2.75) is 105 Å². The number of carbonyl (C=O) groups excluding carboxylic acids is 5. The minimum absolute atomic E-state index is 0.0290. The van der Waals surface area contributed by atoms with E-state index in [1.165, 1.54) is 37.3 Å². The molecule has 0 saturated heterocycles. The highest BCUT2D eigenvalue weighted by atomic mass is 35.5. The lowest BCUT2D eigenvalue weighted by Crippen LogP contribution is -2.37. The molecular formula is C50H52ClF6N2O13P. The number of benzene rings is 4. The Hall–Kier alpha value is -6.02. The molecule has 2 aliphatic rings. The summed E-state index contributed by atoms with van der Waals surface area (Å²) in [6.07, 6.45) is -9.78. The molecule has 4 aromatic carbocycles. The Morgan fingerprint density at radius 2 is 1.45 bits per heavy atom. The van der Waals surface area contributed by atoms with Crippen LogP contribution in [0.25, 0.3) is 10.8 Å². The average Bonchev–Trinajstić information content (AvgIpc) is 3.58. The van der Waals surface area contributed by atoms with Crippen LogP contribution >= 0.6 is 19.2 Å². The summed E-state index contributed by atoms with van der Waals surface area (Å²) in [7, 11) is -4.56. The number of carbonyl (C=O) groups is 5. The van der Waals surface area contributed by atoms with Gasteiger partial charge in [-0.05, 0) is 116 Å². The van der Waals surface area contributed by atoms with E-state index in [4.69, 9.17) is 39.6 Å². The molecule has 1 N–H and O–H groups in total. The van der Waals surface area contributed by atoms with Crippen LogP contribution in [0.4, 0.5) is 26.3 Å². The van der Waals surface area contributed by atoms with Gasteiger partial charge in [0, 0.05) is 42.1 Å². The van der Waals surface area contributed by atoms with Gasteiger partial charge in [0.2, 0.25) is 0 Å². The Morgan fingerprint density at radius 3 is 2.07 bits per heavy atom. The fourth-order valence-electron chi connectivity index (χ4n) is 7.57. The minimum atomic E-state index is -5.12. The minimum Gasteiger partial charge on any atom is -0.455 e. The third-order valence-corrected chi connectivity index (χ3v) is 13.6. The van der Waals surface area contributed by atoms with Gasteiger partial charge in [-0.2, -0.15) is 13.2 Å². The van der Waals surface area contributed by atoms with Crippen molar-refractivity contribution < 1.29 is 87.6 Å². The summed E-state index contributed by atoms with van der Waals surface area (Å²) in [6.45, 7) is 9.93. The van der Waals surface area contributed by atoms with Crippen molar-refractivity contribution in [1.82, 2.24) is 5.32 Å². The monoisotopic (exact) mass is 1070 g/mol. The fraction of sp³-hybridized carbons (Fsp3) is 0.440. The molecule has 73 heavy (non-hydrogen) atoms. The first-order valence-corrected chi connectivity index (χ1v) is 24.8. The molecule has 15 nitrogen and oxygen atoms in total. The lowest BCUT2D eigenvalue weighted by atomic mass is 9.75. The number of aliphatic imine (C=N–C) groups is 1. The first-order chi connectivity index (χ1) is 34.0. The molecule has 6 rings (SSSR count). The molecule has 0 aromatic heterocycles. The van der Waals surface area contributed by atoms with E-state index in [1.54, 1.807) is 71.1 Å². The van der Waals surface area contributed by atoms with Crippen molar-refractivity contribution in [3.8, 4) is 23.0 Å². The third kappa shape index (κ3) is 12.8. The van der Waals surface area contributed by atoms with Crippen molar-refractivity contribution in [3.63, 3.8) is 0 Å². The summed E-state index contributed by atoms with van der Waals surface area (Å²) in [5.41, 5.74) is -3.65.